The summed E-state index contributed by atoms with van der Waals surface area (Å²) in [7, 11) is 0. The van der Waals surface area contributed by atoms with E-state index >= 15 is 0 Å². The predicted molar refractivity (Wildman–Crippen MR) is 103 cm³/mol. The molecule has 2 nitrogen and oxygen atoms in total. The molecule has 0 saturated carbocycles. The minimum atomic E-state index is 0.0430. The Kier molecular flexibility index (Phi) is 6.57. The van der Waals surface area contributed by atoms with Crippen LogP contribution >= 0.6 is 50.3 Å². The molecule has 0 fully saturated rings. The van der Waals surface area contributed by atoms with Crippen LogP contribution in [0.3, 0.4) is 0 Å². The van der Waals surface area contributed by atoms with Crippen molar-refractivity contribution in [2.45, 2.75) is 12.7 Å². The topological polar surface area (TPSA) is 29.1 Å². The van der Waals surface area contributed by atoms with Gasteiger partial charge in [-0.25, -0.2) is 0 Å². The minimum absolute atomic E-state index is 0.0430. The summed E-state index contributed by atoms with van der Waals surface area (Å²) in [6.07, 6.45) is 0. The van der Waals surface area contributed by atoms with Crippen molar-refractivity contribution in [1.29, 1.82) is 0 Å². The molecule has 0 unspecified atom stereocenters. The van der Waals surface area contributed by atoms with Gasteiger partial charge in [-0.2, -0.15) is 0 Å². The van der Waals surface area contributed by atoms with Gasteiger partial charge in [0.25, 0.3) is 0 Å². The zero-order valence-electron chi connectivity index (χ0n) is 11.5. The molecule has 2 aromatic carbocycles. The van der Waals surface area contributed by atoms with Crippen LogP contribution in [0, 0.1) is 10.5 Å². The summed E-state index contributed by atoms with van der Waals surface area (Å²) in [6.45, 7) is 2.01. The van der Waals surface area contributed by atoms with Crippen LogP contribution in [0.15, 0.2) is 46.9 Å². The first-order valence-electron chi connectivity index (χ1n) is 6.43. The van der Waals surface area contributed by atoms with Gasteiger partial charge in [-0.05, 0) is 71.0 Å². The Morgan fingerprint density at radius 3 is 2.62 bits per heavy atom. The van der Waals surface area contributed by atoms with Crippen molar-refractivity contribution in [2.75, 3.05) is 11.1 Å². The van der Waals surface area contributed by atoms with Crippen molar-refractivity contribution in [3.8, 4) is 0 Å². The summed E-state index contributed by atoms with van der Waals surface area (Å²) >= 11 is 7.30. The van der Waals surface area contributed by atoms with Crippen molar-refractivity contribution < 1.29 is 4.79 Å². The first-order valence-corrected chi connectivity index (χ1v) is 9.45. The molecule has 0 aliphatic heterocycles. The zero-order valence-corrected chi connectivity index (χ0v) is 16.1. The number of carbonyl (C=O) groups is 1. The third kappa shape index (κ3) is 5.64. The fourth-order valence-electron chi connectivity index (χ4n) is 1.80. The Morgan fingerprint density at radius 1 is 1.24 bits per heavy atom. The summed E-state index contributed by atoms with van der Waals surface area (Å²) < 4.78 is 2.25. The standard InChI is InChI=1S/C16H15BrINOS/c1-11-8-14(18)6-7-15(11)19-16(20)10-21-9-12-2-4-13(17)5-3-12/h2-8H,9-10H2,1H3,(H,19,20). The number of nitrogens with one attached hydrogen (secondary N) is 1. The fraction of sp³-hybridized carbons (Fsp3) is 0.188. The van der Waals surface area contributed by atoms with Crippen molar-refractivity contribution in [1.82, 2.24) is 0 Å². The van der Waals surface area contributed by atoms with Crippen LogP contribution in [0.25, 0.3) is 0 Å². The number of anilines is 1. The third-order valence-electron chi connectivity index (χ3n) is 2.88. The summed E-state index contributed by atoms with van der Waals surface area (Å²) in [5.41, 5.74) is 3.21. The number of aryl methyl sites for hydroxylation is 1. The van der Waals surface area contributed by atoms with Crippen LogP contribution in [-0.4, -0.2) is 11.7 Å². The molecule has 21 heavy (non-hydrogen) atoms. The number of benzene rings is 2. The highest BCUT2D eigenvalue weighted by Crippen LogP contribution is 2.19. The van der Waals surface area contributed by atoms with Gasteiger partial charge in [0.1, 0.15) is 0 Å². The van der Waals surface area contributed by atoms with Gasteiger partial charge in [-0.15, -0.1) is 11.8 Å². The van der Waals surface area contributed by atoms with Crippen LogP contribution < -0.4 is 5.32 Å². The number of hydrogen-bond acceptors (Lipinski definition) is 2. The number of rotatable bonds is 5. The molecule has 0 aliphatic rings. The molecule has 5 heteroatoms. The Bertz CT molecular complexity index is 631. The molecular weight excluding hydrogens is 461 g/mol. The first kappa shape index (κ1) is 16.8. The monoisotopic (exact) mass is 475 g/mol. The van der Waals surface area contributed by atoms with E-state index < -0.39 is 0 Å². The van der Waals surface area contributed by atoms with E-state index in [1.165, 1.54) is 9.13 Å². The lowest BCUT2D eigenvalue weighted by molar-refractivity contribution is -0.113. The molecule has 2 aromatic rings. The van der Waals surface area contributed by atoms with Gasteiger partial charge >= 0.3 is 0 Å². The smallest absolute Gasteiger partial charge is 0.234 e. The second-order valence-electron chi connectivity index (χ2n) is 4.63. The Labute approximate surface area is 151 Å². The number of hydrogen-bond donors (Lipinski definition) is 1. The van der Waals surface area contributed by atoms with Crippen LogP contribution in [0.2, 0.25) is 0 Å². The van der Waals surface area contributed by atoms with Gasteiger partial charge in [0.15, 0.2) is 0 Å². The lowest BCUT2D eigenvalue weighted by Crippen LogP contribution is -2.15. The lowest BCUT2D eigenvalue weighted by Gasteiger charge is -2.08. The maximum atomic E-state index is 12.0. The van der Waals surface area contributed by atoms with Gasteiger partial charge in [0.05, 0.1) is 5.75 Å². The average Bonchev–Trinajstić information content (AvgIpc) is 2.44. The predicted octanol–water partition coefficient (Wildman–Crippen LogP) is 5.23. The van der Waals surface area contributed by atoms with E-state index in [2.05, 4.69) is 62.0 Å². The number of carbonyl (C=O) groups excluding carboxylic acids is 1. The molecule has 0 radical (unpaired) electrons. The van der Waals surface area contributed by atoms with Gasteiger partial charge < -0.3 is 5.32 Å². The largest absolute Gasteiger partial charge is 0.325 e. The van der Waals surface area contributed by atoms with E-state index in [1.54, 1.807) is 11.8 Å². The zero-order chi connectivity index (χ0) is 15.2. The number of amides is 1. The van der Waals surface area contributed by atoms with Gasteiger partial charge in [0.2, 0.25) is 5.91 Å². The molecule has 0 spiro atoms. The fourth-order valence-corrected chi connectivity index (χ4v) is 3.49. The number of thioether (sulfide) groups is 1. The molecule has 0 heterocycles. The molecule has 1 N–H and O–H groups in total. The van der Waals surface area contributed by atoms with E-state index in [-0.39, 0.29) is 5.91 Å². The molecular formula is C16H15BrINOS. The highest BCUT2D eigenvalue weighted by Gasteiger charge is 2.05. The summed E-state index contributed by atoms with van der Waals surface area (Å²) in [6, 6.07) is 14.2. The third-order valence-corrected chi connectivity index (χ3v) is 5.08. The highest BCUT2D eigenvalue weighted by atomic mass is 127. The number of halogens is 2. The second-order valence-corrected chi connectivity index (χ2v) is 7.77. The Balaban J connectivity index is 1.81. The maximum absolute atomic E-state index is 12.0. The Morgan fingerprint density at radius 2 is 1.95 bits per heavy atom. The molecule has 1 amide bonds. The Hall–Kier alpha value is -0.530. The highest BCUT2D eigenvalue weighted by molar-refractivity contribution is 14.1. The van der Waals surface area contributed by atoms with E-state index in [0.717, 1.165) is 21.5 Å². The SMILES string of the molecule is Cc1cc(I)ccc1NC(=O)CSCc1ccc(Br)cc1. The molecule has 0 bridgehead atoms. The van der Waals surface area contributed by atoms with Crippen molar-refractivity contribution in [3.05, 3.63) is 61.6 Å². The quantitative estimate of drug-likeness (QED) is 0.599. The molecule has 0 atom stereocenters. The van der Waals surface area contributed by atoms with Crippen molar-refractivity contribution in [2.24, 2.45) is 0 Å². The van der Waals surface area contributed by atoms with E-state index in [0.29, 0.717) is 5.75 Å². The minimum Gasteiger partial charge on any atom is -0.325 e. The molecule has 0 saturated heterocycles. The first-order chi connectivity index (χ1) is 10.0. The van der Waals surface area contributed by atoms with Crippen molar-refractivity contribution in [3.63, 3.8) is 0 Å². The van der Waals surface area contributed by atoms with Gasteiger partial charge in [0, 0.05) is 19.5 Å². The van der Waals surface area contributed by atoms with Gasteiger partial charge in [-0.3, -0.25) is 4.79 Å². The lowest BCUT2D eigenvalue weighted by atomic mass is 10.2. The van der Waals surface area contributed by atoms with E-state index in [1.807, 2.05) is 31.2 Å². The molecule has 110 valence electrons. The van der Waals surface area contributed by atoms with Crippen molar-refractivity contribution >= 4 is 61.9 Å². The molecule has 0 aliphatic carbocycles. The van der Waals surface area contributed by atoms with E-state index in [4.69, 9.17) is 0 Å². The van der Waals surface area contributed by atoms with Gasteiger partial charge in [-0.1, -0.05) is 28.1 Å². The van der Waals surface area contributed by atoms with Crippen LogP contribution in [-0.2, 0) is 10.5 Å². The normalized spacial score (nSPS) is 10.4. The van der Waals surface area contributed by atoms with Crippen LogP contribution in [0.4, 0.5) is 5.69 Å². The van der Waals surface area contributed by atoms with Crippen LogP contribution in [0.1, 0.15) is 11.1 Å². The summed E-state index contributed by atoms with van der Waals surface area (Å²) in [5, 5.41) is 2.96. The average molecular weight is 476 g/mol. The molecule has 2 rings (SSSR count). The summed E-state index contributed by atoms with van der Waals surface area (Å²) in [5.74, 6) is 1.34. The summed E-state index contributed by atoms with van der Waals surface area (Å²) in [4.78, 5) is 12.0. The maximum Gasteiger partial charge on any atom is 0.234 e. The van der Waals surface area contributed by atoms with Crippen LogP contribution in [0.5, 0.6) is 0 Å². The second kappa shape index (κ2) is 8.19. The van der Waals surface area contributed by atoms with E-state index in [9.17, 15) is 4.79 Å². The molecule has 0 aromatic heterocycles.